The molecule has 0 bridgehead atoms. The lowest BCUT2D eigenvalue weighted by Crippen LogP contribution is -2.09. The highest BCUT2D eigenvalue weighted by atomic mass is 15.1. The number of nitrogens with zero attached hydrogens (tertiary/aromatic N) is 2. The van der Waals surface area contributed by atoms with Gasteiger partial charge in [-0.15, -0.1) is 6.58 Å². The molecule has 2 heteroatoms. The molecule has 12 rings (SSSR count). The Bertz CT molecular complexity index is 3790. The molecule has 0 atom stereocenters. The molecule has 0 aliphatic rings. The van der Waals surface area contributed by atoms with Gasteiger partial charge in [-0.05, 0) is 154 Å². The number of allylic oxidation sites excluding steroid dienone is 3. The van der Waals surface area contributed by atoms with E-state index in [2.05, 4.69) is 283 Å². The second-order valence-corrected chi connectivity index (χ2v) is 18.0. The van der Waals surface area contributed by atoms with Crippen LogP contribution in [0.2, 0.25) is 0 Å². The molecule has 11 aromatic carbocycles. The van der Waals surface area contributed by atoms with E-state index in [-0.39, 0.29) is 0 Å². The van der Waals surface area contributed by atoms with Gasteiger partial charge in [0.1, 0.15) is 0 Å². The maximum absolute atomic E-state index is 3.36. The van der Waals surface area contributed by atoms with Crippen molar-refractivity contribution in [3.63, 3.8) is 0 Å². The molecule has 0 saturated carbocycles. The SMILES string of the molecule is C/C=C\C.C=CC.c1ccc(-c2ccc(N(c3ccccc3)c3ccc(-c4ccc(-c5ccc(-c6ccc7c(c6)c6ccccc6n7-c6cccc(-c7ccccc7)c6)c6ccccc56)cc4)cc3)cc2)cc1. The molecule has 12 aromatic rings. The fourth-order valence-corrected chi connectivity index (χ4v) is 9.78. The monoisotopic (exact) mass is 938 g/mol. The van der Waals surface area contributed by atoms with E-state index < -0.39 is 0 Å². The summed E-state index contributed by atoms with van der Waals surface area (Å²) in [4.78, 5) is 2.32. The lowest BCUT2D eigenvalue weighted by atomic mass is 9.91. The van der Waals surface area contributed by atoms with Gasteiger partial charge in [0, 0.05) is 33.5 Å². The Morgan fingerprint density at radius 3 is 1.23 bits per heavy atom. The van der Waals surface area contributed by atoms with Crippen molar-refractivity contribution >= 4 is 49.6 Å². The summed E-state index contributed by atoms with van der Waals surface area (Å²) in [6.45, 7) is 9.25. The Balaban J connectivity index is 0.000000825. The van der Waals surface area contributed by atoms with Gasteiger partial charge in [0.15, 0.2) is 0 Å². The van der Waals surface area contributed by atoms with Gasteiger partial charge in [0.2, 0.25) is 0 Å². The molecule has 73 heavy (non-hydrogen) atoms. The summed E-state index contributed by atoms with van der Waals surface area (Å²) in [7, 11) is 0. The number of hydrogen-bond acceptors (Lipinski definition) is 1. The third-order valence-corrected chi connectivity index (χ3v) is 13.4. The zero-order chi connectivity index (χ0) is 49.9. The predicted octanol–water partition coefficient (Wildman–Crippen LogP) is 20.5. The van der Waals surface area contributed by atoms with Gasteiger partial charge < -0.3 is 9.47 Å². The molecule has 0 saturated heterocycles. The smallest absolute Gasteiger partial charge is 0.0541 e. The maximum Gasteiger partial charge on any atom is 0.0541 e. The van der Waals surface area contributed by atoms with Gasteiger partial charge >= 0.3 is 0 Å². The number of fused-ring (bicyclic) bond motifs is 4. The molecule has 0 aliphatic carbocycles. The first kappa shape index (κ1) is 47.4. The van der Waals surface area contributed by atoms with Crippen LogP contribution in [0.15, 0.2) is 292 Å². The minimum atomic E-state index is 1.11. The van der Waals surface area contributed by atoms with Crippen molar-refractivity contribution in [3.8, 4) is 61.3 Å². The van der Waals surface area contributed by atoms with E-state index in [9.17, 15) is 0 Å². The van der Waals surface area contributed by atoms with Crippen molar-refractivity contribution in [1.29, 1.82) is 0 Å². The number of aromatic nitrogens is 1. The van der Waals surface area contributed by atoms with Crippen molar-refractivity contribution in [2.24, 2.45) is 0 Å². The summed E-state index contributed by atoms with van der Waals surface area (Å²) in [5, 5.41) is 4.98. The molecule has 0 fully saturated rings. The highest BCUT2D eigenvalue weighted by Gasteiger charge is 2.17. The summed E-state index contributed by atoms with van der Waals surface area (Å²) in [6, 6.07) is 96.7. The maximum atomic E-state index is 3.36. The first-order chi connectivity index (χ1) is 36.1. The second kappa shape index (κ2) is 22.2. The fraction of sp³-hybridized carbons (Fsp3) is 0.0423. The molecular formula is C71H58N2. The van der Waals surface area contributed by atoms with Crippen LogP contribution in [-0.2, 0) is 0 Å². The zero-order valence-corrected chi connectivity index (χ0v) is 41.7. The van der Waals surface area contributed by atoms with E-state index in [0.717, 1.165) is 22.7 Å². The predicted molar refractivity (Wildman–Crippen MR) is 317 cm³/mol. The van der Waals surface area contributed by atoms with Gasteiger partial charge in [-0.3, -0.25) is 0 Å². The molecule has 0 aliphatic heterocycles. The number of anilines is 3. The van der Waals surface area contributed by atoms with E-state index in [1.54, 1.807) is 6.08 Å². The van der Waals surface area contributed by atoms with Crippen LogP contribution in [0.4, 0.5) is 17.1 Å². The first-order valence-corrected chi connectivity index (χ1v) is 25.1. The zero-order valence-electron chi connectivity index (χ0n) is 41.7. The third kappa shape index (κ3) is 10.1. The Kier molecular flexibility index (Phi) is 14.4. The van der Waals surface area contributed by atoms with Crippen molar-refractivity contribution in [2.75, 3.05) is 4.90 Å². The Morgan fingerprint density at radius 2 is 0.685 bits per heavy atom. The summed E-state index contributed by atoms with van der Waals surface area (Å²) in [6.07, 6.45) is 5.75. The Morgan fingerprint density at radius 1 is 0.301 bits per heavy atom. The number of hydrogen-bond donors (Lipinski definition) is 0. The molecule has 1 heterocycles. The van der Waals surface area contributed by atoms with Crippen LogP contribution >= 0.6 is 0 Å². The van der Waals surface area contributed by atoms with Crippen molar-refractivity contribution in [1.82, 2.24) is 4.57 Å². The topological polar surface area (TPSA) is 8.17 Å². The molecule has 0 amide bonds. The van der Waals surface area contributed by atoms with Crippen LogP contribution < -0.4 is 4.90 Å². The van der Waals surface area contributed by atoms with Gasteiger partial charge in [-0.25, -0.2) is 0 Å². The van der Waals surface area contributed by atoms with Gasteiger partial charge in [-0.1, -0.05) is 218 Å². The quantitative estimate of drug-likeness (QED) is 0.131. The summed E-state index contributed by atoms with van der Waals surface area (Å²) in [5.41, 5.74) is 19.0. The highest BCUT2D eigenvalue weighted by molar-refractivity contribution is 6.12. The van der Waals surface area contributed by atoms with Gasteiger partial charge in [0.25, 0.3) is 0 Å². The van der Waals surface area contributed by atoms with Crippen molar-refractivity contribution < 1.29 is 0 Å². The number of rotatable bonds is 9. The van der Waals surface area contributed by atoms with Crippen LogP contribution in [0.25, 0.3) is 93.9 Å². The number of para-hydroxylation sites is 2. The van der Waals surface area contributed by atoms with E-state index in [0.29, 0.717) is 0 Å². The summed E-state index contributed by atoms with van der Waals surface area (Å²) >= 11 is 0. The van der Waals surface area contributed by atoms with Crippen LogP contribution in [0.3, 0.4) is 0 Å². The molecule has 0 N–H and O–H groups in total. The van der Waals surface area contributed by atoms with Gasteiger partial charge in [-0.2, -0.15) is 0 Å². The third-order valence-electron chi connectivity index (χ3n) is 13.4. The largest absolute Gasteiger partial charge is 0.311 e. The molecule has 1 aromatic heterocycles. The first-order valence-electron chi connectivity index (χ1n) is 25.1. The van der Waals surface area contributed by atoms with E-state index in [4.69, 9.17) is 0 Å². The van der Waals surface area contributed by atoms with Crippen molar-refractivity contribution in [3.05, 3.63) is 292 Å². The standard InChI is InChI=1S/C64H44N2.C4H8.C3H6/c1-4-15-45(16-5-1)48-31-36-54(37-32-48)65(53-20-8-3-9-21-53)55-38-33-49(34-39-55)47-27-29-50(30-28-47)57-40-41-58(60-24-11-10-23-59(57)60)52-35-42-64-62(44-52)61-25-12-13-26-63(61)66(64)56-22-14-19-51(43-56)46-17-6-2-7-18-46;1-3-4-2;1-3-2/h1-44H;3-4H,1-2H3;3H,1H2,2H3/b;4-3-;. The van der Waals surface area contributed by atoms with Crippen molar-refractivity contribution in [2.45, 2.75) is 20.8 Å². The average Bonchev–Trinajstić information content (AvgIpc) is 3.80. The van der Waals surface area contributed by atoms with Crippen LogP contribution in [0.1, 0.15) is 20.8 Å². The van der Waals surface area contributed by atoms with Crippen LogP contribution in [0.5, 0.6) is 0 Å². The normalized spacial score (nSPS) is 10.9. The van der Waals surface area contributed by atoms with E-state index >= 15 is 0 Å². The molecular weight excluding hydrogens is 881 g/mol. The minimum Gasteiger partial charge on any atom is -0.311 e. The summed E-state index contributed by atoms with van der Waals surface area (Å²) < 4.78 is 2.41. The molecule has 2 nitrogen and oxygen atoms in total. The second-order valence-electron chi connectivity index (χ2n) is 18.0. The van der Waals surface area contributed by atoms with Crippen LogP contribution in [0, 0.1) is 0 Å². The molecule has 0 radical (unpaired) electrons. The van der Waals surface area contributed by atoms with E-state index in [1.165, 1.54) is 88.2 Å². The fourth-order valence-electron chi connectivity index (χ4n) is 9.78. The minimum absolute atomic E-state index is 1.11. The highest BCUT2D eigenvalue weighted by Crippen LogP contribution is 2.41. The van der Waals surface area contributed by atoms with E-state index in [1.807, 2.05) is 32.9 Å². The molecule has 0 unspecified atom stereocenters. The van der Waals surface area contributed by atoms with Crippen LogP contribution in [-0.4, -0.2) is 4.57 Å². The number of benzene rings is 11. The lowest BCUT2D eigenvalue weighted by molar-refractivity contribution is 1.18. The Hall–Kier alpha value is -9.24. The van der Waals surface area contributed by atoms with Gasteiger partial charge in [0.05, 0.1) is 11.0 Å². The molecule has 0 spiro atoms. The lowest BCUT2D eigenvalue weighted by Gasteiger charge is -2.26. The molecule has 352 valence electrons. The Labute approximate surface area is 430 Å². The average molecular weight is 939 g/mol. The summed E-state index contributed by atoms with van der Waals surface area (Å²) in [5.74, 6) is 0.